The number of nitrogens with one attached hydrogen (secondary N) is 1. The van der Waals surface area contributed by atoms with Gasteiger partial charge in [0.05, 0.1) is 18.3 Å². The summed E-state index contributed by atoms with van der Waals surface area (Å²) >= 11 is 0. The van der Waals surface area contributed by atoms with E-state index in [4.69, 9.17) is 0 Å². The van der Waals surface area contributed by atoms with Crippen LogP contribution in [0.3, 0.4) is 0 Å². The third kappa shape index (κ3) is 2.48. The molecule has 1 aliphatic rings. The van der Waals surface area contributed by atoms with E-state index in [1.165, 1.54) is 4.31 Å². The fraction of sp³-hybridized carbons (Fsp3) is 0.538. The van der Waals surface area contributed by atoms with Crippen molar-refractivity contribution in [2.45, 2.75) is 24.3 Å². The second-order valence-electron chi connectivity index (χ2n) is 4.88. The van der Waals surface area contributed by atoms with Gasteiger partial charge in [-0.3, -0.25) is 0 Å². The molecule has 106 valence electrons. The van der Waals surface area contributed by atoms with Crippen molar-refractivity contribution in [3.63, 3.8) is 0 Å². The summed E-state index contributed by atoms with van der Waals surface area (Å²) in [6, 6.07) is 6.51. The predicted octanol–water partition coefficient (Wildman–Crippen LogP) is 1.12. The topological polar surface area (TPSA) is 69.6 Å². The average molecular weight is 284 g/mol. The number of hydrogen-bond donors (Lipinski definition) is 2. The summed E-state index contributed by atoms with van der Waals surface area (Å²) < 4.78 is 26.8. The van der Waals surface area contributed by atoms with E-state index in [0.29, 0.717) is 12.2 Å². The number of aliphatic hydroxyl groups excluding tert-OH is 1. The van der Waals surface area contributed by atoms with Crippen molar-refractivity contribution >= 4 is 15.7 Å². The highest BCUT2D eigenvalue weighted by Gasteiger charge is 2.39. The summed E-state index contributed by atoms with van der Waals surface area (Å²) in [4.78, 5) is 0.269. The first kappa shape index (κ1) is 14.3. The van der Waals surface area contributed by atoms with E-state index in [9.17, 15) is 13.5 Å². The molecule has 0 saturated carbocycles. The molecule has 19 heavy (non-hydrogen) atoms. The zero-order valence-corrected chi connectivity index (χ0v) is 12.0. The van der Waals surface area contributed by atoms with Gasteiger partial charge in [-0.2, -0.15) is 4.31 Å². The Morgan fingerprint density at radius 3 is 2.74 bits per heavy atom. The summed E-state index contributed by atoms with van der Waals surface area (Å²) in [6.45, 7) is 2.30. The van der Waals surface area contributed by atoms with Gasteiger partial charge in [0.2, 0.25) is 10.0 Å². The van der Waals surface area contributed by atoms with Crippen LogP contribution in [0.25, 0.3) is 0 Å². The van der Waals surface area contributed by atoms with Crippen LogP contribution >= 0.6 is 0 Å². The van der Waals surface area contributed by atoms with Crippen LogP contribution in [0.2, 0.25) is 0 Å². The van der Waals surface area contributed by atoms with Crippen LogP contribution in [0, 0.1) is 5.92 Å². The number of benzene rings is 1. The number of sulfonamides is 1. The molecule has 1 fully saturated rings. The molecule has 2 unspecified atom stereocenters. The molecule has 1 aliphatic heterocycles. The Morgan fingerprint density at radius 2 is 2.11 bits per heavy atom. The second-order valence-corrected chi connectivity index (χ2v) is 6.74. The third-order valence-electron chi connectivity index (χ3n) is 3.76. The van der Waals surface area contributed by atoms with Gasteiger partial charge in [-0.15, -0.1) is 0 Å². The largest absolute Gasteiger partial charge is 0.395 e. The SMILES string of the molecule is CNc1ccccc1S(=O)(=O)N1CCC(C)C1CO. The molecule has 0 aliphatic carbocycles. The van der Waals surface area contributed by atoms with Crippen LogP contribution in [0.15, 0.2) is 29.2 Å². The first-order valence-corrected chi connectivity index (χ1v) is 7.86. The minimum atomic E-state index is -3.56. The molecule has 0 radical (unpaired) electrons. The zero-order valence-electron chi connectivity index (χ0n) is 11.2. The standard InChI is InChI=1S/C13H20N2O3S/c1-10-7-8-15(12(10)9-16)19(17,18)13-6-4-3-5-11(13)14-2/h3-6,10,12,14,16H,7-9H2,1-2H3. The maximum absolute atomic E-state index is 12.7. The van der Waals surface area contributed by atoms with Crippen LogP contribution in [0.5, 0.6) is 0 Å². The van der Waals surface area contributed by atoms with E-state index in [0.717, 1.165) is 6.42 Å². The van der Waals surface area contributed by atoms with Crippen molar-refractivity contribution in [1.82, 2.24) is 4.31 Å². The number of para-hydroxylation sites is 1. The zero-order chi connectivity index (χ0) is 14.0. The van der Waals surface area contributed by atoms with Gasteiger partial charge < -0.3 is 10.4 Å². The highest BCUT2D eigenvalue weighted by molar-refractivity contribution is 7.89. The van der Waals surface area contributed by atoms with E-state index in [1.807, 2.05) is 6.92 Å². The maximum Gasteiger partial charge on any atom is 0.245 e. The molecule has 1 heterocycles. The van der Waals surface area contributed by atoms with E-state index in [-0.39, 0.29) is 23.5 Å². The van der Waals surface area contributed by atoms with Gasteiger partial charge in [0.15, 0.2) is 0 Å². The molecule has 0 amide bonds. The molecular weight excluding hydrogens is 264 g/mol. The lowest BCUT2D eigenvalue weighted by Crippen LogP contribution is -2.39. The van der Waals surface area contributed by atoms with Crippen molar-refractivity contribution in [2.75, 3.05) is 25.5 Å². The van der Waals surface area contributed by atoms with Crippen molar-refractivity contribution in [2.24, 2.45) is 5.92 Å². The molecule has 2 atom stereocenters. The lowest BCUT2D eigenvalue weighted by molar-refractivity contribution is 0.191. The molecule has 1 aromatic rings. The monoisotopic (exact) mass is 284 g/mol. The molecule has 0 spiro atoms. The van der Waals surface area contributed by atoms with Crippen molar-refractivity contribution < 1.29 is 13.5 Å². The normalized spacial score (nSPS) is 24.6. The summed E-state index contributed by atoms with van der Waals surface area (Å²) in [6.07, 6.45) is 0.784. The molecule has 5 nitrogen and oxygen atoms in total. The summed E-state index contributed by atoms with van der Waals surface area (Å²) in [5, 5.41) is 12.3. The highest BCUT2D eigenvalue weighted by atomic mass is 32.2. The maximum atomic E-state index is 12.7. The first-order chi connectivity index (χ1) is 9.02. The highest BCUT2D eigenvalue weighted by Crippen LogP contribution is 2.32. The van der Waals surface area contributed by atoms with Gasteiger partial charge in [0.1, 0.15) is 4.90 Å². The summed E-state index contributed by atoms with van der Waals surface area (Å²) in [5.41, 5.74) is 0.582. The Labute approximate surface area is 114 Å². The number of aliphatic hydroxyl groups is 1. The minimum Gasteiger partial charge on any atom is -0.395 e. The van der Waals surface area contributed by atoms with Crippen LogP contribution in [0.1, 0.15) is 13.3 Å². The number of nitrogens with zero attached hydrogens (tertiary/aromatic N) is 1. The van der Waals surface area contributed by atoms with E-state index >= 15 is 0 Å². The van der Waals surface area contributed by atoms with Gasteiger partial charge in [-0.25, -0.2) is 8.42 Å². The second kappa shape index (κ2) is 5.48. The Morgan fingerprint density at radius 1 is 1.42 bits per heavy atom. The van der Waals surface area contributed by atoms with Gasteiger partial charge >= 0.3 is 0 Å². The minimum absolute atomic E-state index is 0.137. The fourth-order valence-electron chi connectivity index (χ4n) is 2.57. The van der Waals surface area contributed by atoms with Crippen LogP contribution in [-0.2, 0) is 10.0 Å². The number of anilines is 1. The lowest BCUT2D eigenvalue weighted by Gasteiger charge is -2.25. The molecule has 2 rings (SSSR count). The molecule has 6 heteroatoms. The Kier molecular flexibility index (Phi) is 4.13. The van der Waals surface area contributed by atoms with Crippen molar-refractivity contribution in [1.29, 1.82) is 0 Å². The van der Waals surface area contributed by atoms with Crippen LogP contribution in [-0.4, -0.2) is 44.1 Å². The van der Waals surface area contributed by atoms with E-state index in [1.54, 1.807) is 31.3 Å². The summed E-state index contributed by atoms with van der Waals surface area (Å²) in [5.74, 6) is 0.182. The fourth-order valence-corrected chi connectivity index (χ4v) is 4.49. The van der Waals surface area contributed by atoms with Crippen LogP contribution in [0.4, 0.5) is 5.69 Å². The molecular formula is C13H20N2O3S. The summed E-state index contributed by atoms with van der Waals surface area (Å²) in [7, 11) is -1.87. The lowest BCUT2D eigenvalue weighted by atomic mass is 10.0. The van der Waals surface area contributed by atoms with Crippen LogP contribution < -0.4 is 5.32 Å². The molecule has 1 saturated heterocycles. The molecule has 0 aromatic heterocycles. The Balaban J connectivity index is 2.43. The average Bonchev–Trinajstić information content (AvgIpc) is 2.80. The smallest absolute Gasteiger partial charge is 0.245 e. The van der Waals surface area contributed by atoms with E-state index in [2.05, 4.69) is 5.32 Å². The van der Waals surface area contributed by atoms with Gasteiger partial charge in [-0.1, -0.05) is 19.1 Å². The van der Waals surface area contributed by atoms with Gasteiger partial charge in [0.25, 0.3) is 0 Å². The third-order valence-corrected chi connectivity index (χ3v) is 5.74. The predicted molar refractivity (Wildman–Crippen MR) is 74.5 cm³/mol. The Hall–Kier alpha value is -1.11. The Bertz CT molecular complexity index is 545. The van der Waals surface area contributed by atoms with Gasteiger partial charge in [0, 0.05) is 13.6 Å². The molecule has 2 N–H and O–H groups in total. The molecule has 0 bridgehead atoms. The van der Waals surface area contributed by atoms with Crippen molar-refractivity contribution in [3.8, 4) is 0 Å². The quantitative estimate of drug-likeness (QED) is 0.869. The number of rotatable bonds is 4. The molecule has 1 aromatic carbocycles. The first-order valence-electron chi connectivity index (χ1n) is 6.42. The number of hydrogen-bond acceptors (Lipinski definition) is 4. The van der Waals surface area contributed by atoms with Crippen molar-refractivity contribution in [3.05, 3.63) is 24.3 Å². The van der Waals surface area contributed by atoms with E-state index < -0.39 is 10.0 Å². The van der Waals surface area contributed by atoms with Gasteiger partial charge in [-0.05, 0) is 24.5 Å².